The second-order valence-electron chi connectivity index (χ2n) is 6.55. The molecule has 0 atom stereocenters. The van der Waals surface area contributed by atoms with Crippen molar-refractivity contribution >= 4 is 11.9 Å². The molecule has 0 aliphatic heterocycles. The zero-order valence-corrected chi connectivity index (χ0v) is 14.6. The van der Waals surface area contributed by atoms with E-state index in [1.165, 1.54) is 0 Å². The largest absolute Gasteiger partial charge is 0.465 e. The highest BCUT2D eigenvalue weighted by Crippen LogP contribution is 2.25. The number of esters is 1. The second-order valence-corrected chi connectivity index (χ2v) is 6.55. The monoisotopic (exact) mass is 327 g/mol. The van der Waals surface area contributed by atoms with Gasteiger partial charge in [-0.3, -0.25) is 4.79 Å². The molecule has 0 aliphatic rings. The number of benzene rings is 1. The Morgan fingerprint density at radius 3 is 2.54 bits per heavy atom. The predicted octanol–water partition coefficient (Wildman–Crippen LogP) is 3.64. The summed E-state index contributed by atoms with van der Waals surface area (Å²) in [4.78, 5) is 20.3. The van der Waals surface area contributed by atoms with Crippen molar-refractivity contribution in [2.45, 2.75) is 40.0 Å². The number of unbranched alkanes of at least 4 members (excludes halogenated alkanes) is 1. The Morgan fingerprint density at radius 1 is 1.21 bits per heavy atom. The van der Waals surface area contributed by atoms with Crippen LogP contribution in [-0.2, 0) is 16.0 Å². The summed E-state index contributed by atoms with van der Waals surface area (Å²) >= 11 is 0. The summed E-state index contributed by atoms with van der Waals surface area (Å²) in [6.45, 7) is 6.40. The molecular weight excluding hydrogens is 302 g/mol. The van der Waals surface area contributed by atoms with Crippen LogP contribution in [0.5, 0.6) is 0 Å². The van der Waals surface area contributed by atoms with E-state index in [4.69, 9.17) is 10.5 Å². The highest BCUT2D eigenvalue weighted by Gasteiger charge is 2.29. The molecule has 0 bridgehead atoms. The summed E-state index contributed by atoms with van der Waals surface area (Å²) in [6.07, 6.45) is 4.19. The molecule has 0 radical (unpaired) electrons. The molecule has 0 aliphatic carbocycles. The molecule has 24 heavy (non-hydrogen) atoms. The molecule has 1 aromatic carbocycles. The van der Waals surface area contributed by atoms with Crippen LogP contribution < -0.4 is 5.73 Å². The molecule has 0 amide bonds. The summed E-state index contributed by atoms with van der Waals surface area (Å²) in [7, 11) is 0. The Bertz CT molecular complexity index is 681. The average molecular weight is 327 g/mol. The first kappa shape index (κ1) is 17.9. The summed E-state index contributed by atoms with van der Waals surface area (Å²) in [5, 5.41) is 0. The van der Waals surface area contributed by atoms with Gasteiger partial charge in [0.2, 0.25) is 5.95 Å². The van der Waals surface area contributed by atoms with E-state index in [-0.39, 0.29) is 11.9 Å². The van der Waals surface area contributed by atoms with Crippen LogP contribution >= 0.6 is 0 Å². The molecule has 128 valence electrons. The van der Waals surface area contributed by atoms with E-state index in [2.05, 4.69) is 16.9 Å². The highest BCUT2D eigenvalue weighted by molar-refractivity contribution is 5.76. The van der Waals surface area contributed by atoms with Gasteiger partial charge in [-0.15, -0.1) is 0 Å². The Morgan fingerprint density at radius 2 is 1.92 bits per heavy atom. The molecule has 5 nitrogen and oxygen atoms in total. The summed E-state index contributed by atoms with van der Waals surface area (Å²) < 4.78 is 5.36. The molecular formula is C19H25N3O2. The van der Waals surface area contributed by atoms with E-state index in [1.54, 1.807) is 6.20 Å². The van der Waals surface area contributed by atoms with Gasteiger partial charge in [0.15, 0.2) is 0 Å². The van der Waals surface area contributed by atoms with Crippen LogP contribution in [0.25, 0.3) is 11.3 Å². The van der Waals surface area contributed by atoms with Gasteiger partial charge in [0.1, 0.15) is 0 Å². The normalized spacial score (nSPS) is 11.3. The van der Waals surface area contributed by atoms with E-state index in [1.807, 2.05) is 44.2 Å². The second kappa shape index (κ2) is 7.90. The average Bonchev–Trinajstić information content (AvgIpc) is 2.55. The van der Waals surface area contributed by atoms with Crippen LogP contribution in [0, 0.1) is 5.41 Å². The number of anilines is 1. The molecule has 2 N–H and O–H groups in total. The minimum atomic E-state index is -0.547. The van der Waals surface area contributed by atoms with Gasteiger partial charge in [0.25, 0.3) is 0 Å². The van der Waals surface area contributed by atoms with Crippen LogP contribution in [0.1, 0.15) is 39.2 Å². The van der Waals surface area contributed by atoms with Crippen LogP contribution in [0.4, 0.5) is 5.95 Å². The molecule has 0 fully saturated rings. The lowest BCUT2D eigenvalue weighted by atomic mass is 9.85. The highest BCUT2D eigenvalue weighted by atomic mass is 16.5. The van der Waals surface area contributed by atoms with Crippen molar-refractivity contribution in [2.24, 2.45) is 5.41 Å². The number of nitrogen functional groups attached to an aromatic ring is 1. The first-order valence-corrected chi connectivity index (χ1v) is 8.27. The number of hydrogen-bond acceptors (Lipinski definition) is 5. The number of carbonyl (C=O) groups excluding carboxylic acids is 1. The fourth-order valence-corrected chi connectivity index (χ4v) is 2.41. The van der Waals surface area contributed by atoms with Crippen molar-refractivity contribution in [1.82, 2.24) is 9.97 Å². The first-order valence-electron chi connectivity index (χ1n) is 8.27. The summed E-state index contributed by atoms with van der Waals surface area (Å²) in [6, 6.07) is 9.80. The van der Waals surface area contributed by atoms with E-state index in [9.17, 15) is 4.79 Å². The van der Waals surface area contributed by atoms with Gasteiger partial charge in [0.05, 0.1) is 17.7 Å². The smallest absolute Gasteiger partial charge is 0.311 e. The number of rotatable bonds is 7. The zero-order valence-electron chi connectivity index (χ0n) is 14.6. The molecule has 0 saturated heterocycles. The summed E-state index contributed by atoms with van der Waals surface area (Å²) in [5.41, 5.74) is 7.91. The van der Waals surface area contributed by atoms with Crippen LogP contribution in [0.2, 0.25) is 0 Å². The van der Waals surface area contributed by atoms with Crippen LogP contribution in [0.15, 0.2) is 36.5 Å². The van der Waals surface area contributed by atoms with Gasteiger partial charge >= 0.3 is 5.97 Å². The third kappa shape index (κ3) is 4.78. The quantitative estimate of drug-likeness (QED) is 0.620. The maximum Gasteiger partial charge on any atom is 0.311 e. The standard InChI is InChI=1S/C19H25N3O2/c1-4-5-12-24-17(23)19(2,3)13-14-6-8-15(9-7-14)16-10-11-21-18(20)22-16/h6-11H,4-5,12-13H2,1-3H3,(H2,20,21,22). The SMILES string of the molecule is CCCCOC(=O)C(C)(C)Cc1ccc(-c2ccnc(N)n2)cc1. The predicted molar refractivity (Wildman–Crippen MR) is 95.2 cm³/mol. The Kier molecular flexibility index (Phi) is 5.90. The van der Waals surface area contributed by atoms with Crippen molar-refractivity contribution < 1.29 is 9.53 Å². The molecule has 1 heterocycles. The number of carbonyl (C=O) groups is 1. The summed E-state index contributed by atoms with van der Waals surface area (Å²) in [5.74, 6) is 0.108. The minimum Gasteiger partial charge on any atom is -0.465 e. The number of nitrogens with two attached hydrogens (primary N) is 1. The van der Waals surface area contributed by atoms with Crippen LogP contribution in [-0.4, -0.2) is 22.5 Å². The van der Waals surface area contributed by atoms with E-state index in [0.29, 0.717) is 13.0 Å². The molecule has 1 aromatic heterocycles. The molecule has 2 rings (SSSR count). The van der Waals surface area contributed by atoms with E-state index >= 15 is 0 Å². The van der Waals surface area contributed by atoms with Crippen LogP contribution in [0.3, 0.4) is 0 Å². The third-order valence-corrected chi connectivity index (χ3v) is 3.85. The van der Waals surface area contributed by atoms with Crippen molar-refractivity contribution in [3.05, 3.63) is 42.1 Å². The number of ether oxygens (including phenoxy) is 1. The lowest BCUT2D eigenvalue weighted by molar-refractivity contribution is -0.154. The maximum absolute atomic E-state index is 12.2. The van der Waals surface area contributed by atoms with Gasteiger partial charge in [0, 0.05) is 11.8 Å². The lowest BCUT2D eigenvalue weighted by Crippen LogP contribution is -2.29. The van der Waals surface area contributed by atoms with Gasteiger partial charge in [-0.1, -0.05) is 37.6 Å². The fourth-order valence-electron chi connectivity index (χ4n) is 2.41. The van der Waals surface area contributed by atoms with Crippen molar-refractivity contribution in [3.8, 4) is 11.3 Å². The minimum absolute atomic E-state index is 0.149. The lowest BCUT2D eigenvalue weighted by Gasteiger charge is -2.22. The number of aromatic nitrogens is 2. The fraction of sp³-hybridized carbons (Fsp3) is 0.421. The molecule has 0 spiro atoms. The zero-order chi connectivity index (χ0) is 17.6. The third-order valence-electron chi connectivity index (χ3n) is 3.85. The van der Waals surface area contributed by atoms with Crippen molar-refractivity contribution in [1.29, 1.82) is 0 Å². The topological polar surface area (TPSA) is 78.1 Å². The van der Waals surface area contributed by atoms with Gasteiger partial charge in [-0.05, 0) is 38.3 Å². The van der Waals surface area contributed by atoms with Gasteiger partial charge < -0.3 is 10.5 Å². The van der Waals surface area contributed by atoms with E-state index < -0.39 is 5.41 Å². The number of hydrogen-bond donors (Lipinski definition) is 1. The number of nitrogens with zero attached hydrogens (tertiary/aromatic N) is 2. The molecule has 0 unspecified atom stereocenters. The van der Waals surface area contributed by atoms with Gasteiger partial charge in [-0.25, -0.2) is 9.97 Å². The van der Waals surface area contributed by atoms with E-state index in [0.717, 1.165) is 29.7 Å². The Balaban J connectivity index is 2.04. The van der Waals surface area contributed by atoms with Crippen molar-refractivity contribution in [2.75, 3.05) is 12.3 Å². The first-order chi connectivity index (χ1) is 11.4. The molecule has 0 saturated carbocycles. The molecule has 2 aromatic rings. The van der Waals surface area contributed by atoms with Gasteiger partial charge in [-0.2, -0.15) is 0 Å². The Hall–Kier alpha value is -2.43. The van der Waals surface area contributed by atoms with Crippen molar-refractivity contribution in [3.63, 3.8) is 0 Å². The maximum atomic E-state index is 12.2. The Labute approximate surface area is 143 Å². The molecule has 5 heteroatoms.